The Morgan fingerprint density at radius 3 is 2.62 bits per heavy atom. The highest BCUT2D eigenvalue weighted by Gasteiger charge is 2.33. The number of anilines is 1. The van der Waals surface area contributed by atoms with Crippen molar-refractivity contribution < 1.29 is 22.8 Å². The summed E-state index contributed by atoms with van der Waals surface area (Å²) in [5, 5.41) is 6.28. The average molecular weight is 462 g/mol. The number of carbonyl (C=O) groups is 2. The van der Waals surface area contributed by atoms with E-state index in [9.17, 15) is 22.8 Å². The van der Waals surface area contributed by atoms with Crippen molar-refractivity contribution in [1.29, 1.82) is 0 Å². The highest BCUT2D eigenvalue weighted by atomic mass is 32.1. The maximum Gasteiger partial charge on any atom is 0.433 e. The van der Waals surface area contributed by atoms with Gasteiger partial charge in [-0.1, -0.05) is 25.0 Å². The summed E-state index contributed by atoms with van der Waals surface area (Å²) in [5.74, 6) is -0.296. The molecule has 9 heteroatoms. The van der Waals surface area contributed by atoms with Gasteiger partial charge in [0.15, 0.2) is 0 Å². The fraction of sp³-hybridized carbons (Fsp3) is 0.348. The Balaban J connectivity index is 1.44. The van der Waals surface area contributed by atoms with Gasteiger partial charge in [-0.15, -0.1) is 11.3 Å². The normalized spacial score (nSPS) is 14.6. The van der Waals surface area contributed by atoms with E-state index in [1.54, 1.807) is 19.1 Å². The molecular formula is C23H22F3N3O2S. The highest BCUT2D eigenvalue weighted by Crippen LogP contribution is 2.34. The molecule has 0 aliphatic heterocycles. The Bertz CT molecular complexity index is 1170. The number of nitrogens with zero attached hydrogens (tertiary/aromatic N) is 1. The number of benzene rings is 1. The number of alkyl halides is 3. The molecule has 0 atom stereocenters. The van der Waals surface area contributed by atoms with Crippen molar-refractivity contribution in [3.8, 4) is 0 Å². The number of fused-ring (bicyclic) bond motifs is 1. The average Bonchev–Trinajstić information content (AvgIpc) is 3.40. The van der Waals surface area contributed by atoms with Gasteiger partial charge in [-0.3, -0.25) is 9.59 Å². The zero-order chi connectivity index (χ0) is 22.9. The lowest BCUT2D eigenvalue weighted by Crippen LogP contribution is -2.23. The Morgan fingerprint density at radius 2 is 1.91 bits per heavy atom. The molecule has 1 aliphatic carbocycles. The molecular weight excluding hydrogens is 439 g/mol. The van der Waals surface area contributed by atoms with E-state index in [0.29, 0.717) is 21.5 Å². The van der Waals surface area contributed by atoms with Gasteiger partial charge in [0.1, 0.15) is 10.5 Å². The minimum atomic E-state index is -4.54. The second-order valence-electron chi connectivity index (χ2n) is 7.96. The number of pyridine rings is 1. The fourth-order valence-corrected chi connectivity index (χ4v) is 5.02. The molecule has 0 radical (unpaired) electrons. The molecule has 5 nitrogen and oxygen atoms in total. The first kappa shape index (κ1) is 22.3. The molecule has 0 saturated heterocycles. The Hall–Kier alpha value is -2.94. The second-order valence-corrected chi connectivity index (χ2v) is 8.96. The first-order valence-electron chi connectivity index (χ1n) is 10.4. The van der Waals surface area contributed by atoms with E-state index in [1.807, 2.05) is 12.1 Å². The number of carbonyl (C=O) groups excluding carboxylic acids is 2. The van der Waals surface area contributed by atoms with Crippen molar-refractivity contribution in [3.63, 3.8) is 0 Å². The topological polar surface area (TPSA) is 71.1 Å². The van der Waals surface area contributed by atoms with Crippen LogP contribution in [0.3, 0.4) is 0 Å². The molecule has 1 saturated carbocycles. The summed E-state index contributed by atoms with van der Waals surface area (Å²) in [5.41, 5.74) is 1.10. The molecule has 2 heterocycles. The maximum absolute atomic E-state index is 12.9. The number of nitrogens with one attached hydrogen (secondary N) is 2. The SMILES string of the molecule is Cc1c(C(=O)NCc2cccc(NC(=O)C3CCCC3)c2)sc2nc(C(F)(F)F)ccc12. The summed E-state index contributed by atoms with van der Waals surface area (Å²) in [4.78, 5) is 29.2. The molecule has 0 unspecified atom stereocenters. The van der Waals surface area contributed by atoms with E-state index >= 15 is 0 Å². The zero-order valence-corrected chi connectivity index (χ0v) is 18.2. The van der Waals surface area contributed by atoms with Crippen LogP contribution in [0.15, 0.2) is 36.4 Å². The molecule has 1 aliphatic rings. The van der Waals surface area contributed by atoms with E-state index in [-0.39, 0.29) is 29.1 Å². The summed E-state index contributed by atoms with van der Waals surface area (Å²) in [6, 6.07) is 9.53. The summed E-state index contributed by atoms with van der Waals surface area (Å²) in [6.07, 6.45) is -0.555. The van der Waals surface area contributed by atoms with Crippen molar-refractivity contribution >= 4 is 39.1 Å². The molecule has 2 N–H and O–H groups in total. The van der Waals surface area contributed by atoms with Crippen LogP contribution in [0.5, 0.6) is 0 Å². The van der Waals surface area contributed by atoms with E-state index in [1.165, 1.54) is 6.07 Å². The molecule has 32 heavy (non-hydrogen) atoms. The lowest BCUT2D eigenvalue weighted by Gasteiger charge is -2.12. The zero-order valence-electron chi connectivity index (χ0n) is 17.4. The molecule has 0 spiro atoms. The van der Waals surface area contributed by atoms with Crippen LogP contribution in [0.4, 0.5) is 18.9 Å². The van der Waals surface area contributed by atoms with Crippen molar-refractivity contribution in [2.75, 3.05) is 5.32 Å². The van der Waals surface area contributed by atoms with Gasteiger partial charge in [-0.05, 0) is 55.2 Å². The summed E-state index contributed by atoms with van der Waals surface area (Å²) in [7, 11) is 0. The molecule has 1 aromatic carbocycles. The van der Waals surface area contributed by atoms with Gasteiger partial charge in [0.2, 0.25) is 5.91 Å². The molecule has 168 valence electrons. The minimum Gasteiger partial charge on any atom is -0.347 e. The van der Waals surface area contributed by atoms with Gasteiger partial charge < -0.3 is 10.6 Å². The van der Waals surface area contributed by atoms with Gasteiger partial charge in [0.05, 0.1) is 4.88 Å². The minimum absolute atomic E-state index is 0.0234. The monoisotopic (exact) mass is 461 g/mol. The molecule has 4 rings (SSSR count). The van der Waals surface area contributed by atoms with Crippen LogP contribution in [0.25, 0.3) is 10.2 Å². The molecule has 3 aromatic rings. The summed E-state index contributed by atoms with van der Waals surface area (Å²) >= 11 is 0.943. The highest BCUT2D eigenvalue weighted by molar-refractivity contribution is 7.20. The number of amides is 2. The first-order valence-corrected chi connectivity index (χ1v) is 11.2. The summed E-state index contributed by atoms with van der Waals surface area (Å²) in [6.45, 7) is 1.92. The van der Waals surface area contributed by atoms with Crippen molar-refractivity contribution in [2.24, 2.45) is 5.92 Å². The van der Waals surface area contributed by atoms with E-state index in [2.05, 4.69) is 15.6 Å². The van der Waals surface area contributed by atoms with Crippen LogP contribution in [0.2, 0.25) is 0 Å². The van der Waals surface area contributed by atoms with E-state index < -0.39 is 11.9 Å². The van der Waals surface area contributed by atoms with Crippen molar-refractivity contribution in [2.45, 2.75) is 45.3 Å². The van der Waals surface area contributed by atoms with Crippen LogP contribution in [0, 0.1) is 12.8 Å². The molecule has 2 amide bonds. The number of aryl methyl sites for hydroxylation is 1. The Labute approximate surface area is 187 Å². The first-order chi connectivity index (χ1) is 15.2. The van der Waals surface area contributed by atoms with Crippen LogP contribution in [-0.4, -0.2) is 16.8 Å². The second kappa shape index (κ2) is 8.90. The van der Waals surface area contributed by atoms with Crippen molar-refractivity contribution in [3.05, 3.63) is 58.1 Å². The smallest absolute Gasteiger partial charge is 0.347 e. The van der Waals surface area contributed by atoms with Gasteiger partial charge >= 0.3 is 6.18 Å². The van der Waals surface area contributed by atoms with Crippen LogP contribution < -0.4 is 10.6 Å². The third-order valence-electron chi connectivity index (χ3n) is 5.67. The third-order valence-corrected chi connectivity index (χ3v) is 6.87. The standard InChI is InChI=1S/C23H22F3N3O2S/c1-13-17-9-10-18(23(24,25)26)29-22(17)32-19(13)21(31)27-12-14-5-4-8-16(11-14)28-20(30)15-6-2-3-7-15/h4-5,8-11,15H,2-3,6-7,12H2,1H3,(H,27,31)(H,28,30). The van der Waals surface area contributed by atoms with Gasteiger partial charge in [-0.2, -0.15) is 13.2 Å². The quantitative estimate of drug-likeness (QED) is 0.513. The predicted octanol–water partition coefficient (Wildman–Crippen LogP) is 5.68. The number of aromatic nitrogens is 1. The van der Waals surface area contributed by atoms with E-state index in [4.69, 9.17) is 0 Å². The number of hydrogen-bond acceptors (Lipinski definition) is 4. The van der Waals surface area contributed by atoms with Gasteiger partial charge in [0.25, 0.3) is 5.91 Å². The molecule has 0 bridgehead atoms. The Kier molecular flexibility index (Phi) is 6.19. The van der Waals surface area contributed by atoms with Crippen LogP contribution in [-0.2, 0) is 17.5 Å². The predicted molar refractivity (Wildman–Crippen MR) is 118 cm³/mol. The number of rotatable bonds is 5. The lowest BCUT2D eigenvalue weighted by molar-refractivity contribution is -0.140. The van der Waals surface area contributed by atoms with Crippen LogP contribution in [0.1, 0.15) is 52.2 Å². The fourth-order valence-electron chi connectivity index (χ4n) is 3.93. The van der Waals surface area contributed by atoms with E-state index in [0.717, 1.165) is 48.6 Å². The lowest BCUT2D eigenvalue weighted by atomic mass is 10.1. The van der Waals surface area contributed by atoms with Gasteiger partial charge in [-0.25, -0.2) is 4.98 Å². The molecule has 2 aromatic heterocycles. The number of hydrogen-bond donors (Lipinski definition) is 2. The Morgan fingerprint density at radius 1 is 1.16 bits per heavy atom. The van der Waals surface area contributed by atoms with Crippen molar-refractivity contribution in [1.82, 2.24) is 10.3 Å². The summed E-state index contributed by atoms with van der Waals surface area (Å²) < 4.78 is 38.8. The third kappa shape index (κ3) is 4.77. The number of thiophene rings is 1. The van der Waals surface area contributed by atoms with Crippen LogP contribution >= 0.6 is 11.3 Å². The number of halogens is 3. The maximum atomic E-state index is 12.9. The molecule has 1 fully saturated rings. The van der Waals surface area contributed by atoms with Gasteiger partial charge in [0, 0.05) is 23.5 Å². The largest absolute Gasteiger partial charge is 0.433 e.